The van der Waals surface area contributed by atoms with Crippen molar-refractivity contribution in [1.29, 1.82) is 0 Å². The molecule has 0 aliphatic heterocycles. The number of carboxylic acid groups (broad SMARTS) is 1. The highest BCUT2D eigenvalue weighted by molar-refractivity contribution is 5.90. The average molecular weight is 278 g/mol. The Labute approximate surface area is 117 Å². The molecule has 6 heteroatoms. The van der Waals surface area contributed by atoms with Crippen molar-refractivity contribution in [3.63, 3.8) is 0 Å². The predicted octanol–water partition coefficient (Wildman–Crippen LogP) is 3.29. The molecular weight excluding hydrogens is 260 g/mol. The summed E-state index contributed by atoms with van der Waals surface area (Å²) in [6.07, 6.45) is 5.94. The topological polar surface area (TPSA) is 92.5 Å². The van der Waals surface area contributed by atoms with Crippen LogP contribution in [0.15, 0.2) is 18.2 Å². The fourth-order valence-electron chi connectivity index (χ4n) is 2.68. The Kier molecular flexibility index (Phi) is 4.55. The van der Waals surface area contributed by atoms with Crippen LogP contribution >= 0.6 is 0 Å². The van der Waals surface area contributed by atoms with Crippen molar-refractivity contribution >= 4 is 17.3 Å². The van der Waals surface area contributed by atoms with Crippen molar-refractivity contribution in [2.45, 2.75) is 32.1 Å². The van der Waals surface area contributed by atoms with E-state index in [2.05, 4.69) is 5.32 Å². The van der Waals surface area contributed by atoms with E-state index in [1.807, 2.05) is 0 Å². The highest BCUT2D eigenvalue weighted by Gasteiger charge is 2.18. The quantitative estimate of drug-likeness (QED) is 0.615. The van der Waals surface area contributed by atoms with E-state index in [0.717, 1.165) is 6.42 Å². The van der Waals surface area contributed by atoms with Crippen LogP contribution in [0.1, 0.15) is 42.5 Å². The minimum absolute atomic E-state index is 0.0546. The number of nitrogens with zero attached hydrogens (tertiary/aromatic N) is 1. The maximum Gasteiger partial charge on any atom is 0.335 e. The van der Waals surface area contributed by atoms with Crippen molar-refractivity contribution in [3.05, 3.63) is 33.9 Å². The second-order valence-corrected chi connectivity index (χ2v) is 5.16. The second-order valence-electron chi connectivity index (χ2n) is 5.16. The molecule has 1 aliphatic rings. The van der Waals surface area contributed by atoms with Gasteiger partial charge in [0.05, 0.1) is 10.5 Å². The summed E-state index contributed by atoms with van der Waals surface area (Å²) in [4.78, 5) is 21.4. The normalized spacial score (nSPS) is 15.2. The summed E-state index contributed by atoms with van der Waals surface area (Å²) in [5.41, 5.74) is 0.258. The Morgan fingerprint density at radius 1 is 1.40 bits per heavy atom. The molecule has 0 aromatic heterocycles. The zero-order chi connectivity index (χ0) is 14.5. The highest BCUT2D eigenvalue weighted by Crippen LogP contribution is 2.29. The lowest BCUT2D eigenvalue weighted by Crippen LogP contribution is -2.09. The van der Waals surface area contributed by atoms with Crippen LogP contribution in [0.4, 0.5) is 11.4 Å². The first-order valence-corrected chi connectivity index (χ1v) is 6.83. The monoisotopic (exact) mass is 278 g/mol. The predicted molar refractivity (Wildman–Crippen MR) is 75.1 cm³/mol. The van der Waals surface area contributed by atoms with E-state index < -0.39 is 10.9 Å². The van der Waals surface area contributed by atoms with Gasteiger partial charge in [-0.1, -0.05) is 25.7 Å². The van der Waals surface area contributed by atoms with E-state index in [-0.39, 0.29) is 16.9 Å². The molecule has 1 aromatic rings. The molecule has 0 atom stereocenters. The number of aromatic carboxylic acids is 1. The summed E-state index contributed by atoms with van der Waals surface area (Å²) >= 11 is 0. The Morgan fingerprint density at radius 3 is 2.70 bits per heavy atom. The van der Waals surface area contributed by atoms with Crippen LogP contribution in [0.2, 0.25) is 0 Å². The van der Waals surface area contributed by atoms with Crippen molar-refractivity contribution < 1.29 is 14.8 Å². The molecule has 1 fully saturated rings. The van der Waals surface area contributed by atoms with Gasteiger partial charge in [-0.3, -0.25) is 10.1 Å². The number of nitro groups is 1. The number of anilines is 1. The van der Waals surface area contributed by atoms with Gasteiger partial charge in [0, 0.05) is 12.6 Å². The maximum absolute atomic E-state index is 10.9. The van der Waals surface area contributed by atoms with Gasteiger partial charge in [0.2, 0.25) is 0 Å². The molecule has 0 unspecified atom stereocenters. The van der Waals surface area contributed by atoms with E-state index in [1.165, 1.54) is 43.9 Å². The smallest absolute Gasteiger partial charge is 0.335 e. The number of rotatable bonds is 6. The van der Waals surface area contributed by atoms with Crippen LogP contribution in [0.5, 0.6) is 0 Å². The molecule has 20 heavy (non-hydrogen) atoms. The summed E-state index contributed by atoms with van der Waals surface area (Å²) in [6.45, 7) is 0.634. The molecule has 0 saturated heterocycles. The number of hydrogen-bond donors (Lipinski definition) is 2. The summed E-state index contributed by atoms with van der Waals surface area (Å²) in [6, 6.07) is 3.82. The lowest BCUT2D eigenvalue weighted by Gasteiger charge is -2.11. The van der Waals surface area contributed by atoms with Crippen molar-refractivity contribution in [2.24, 2.45) is 5.92 Å². The van der Waals surface area contributed by atoms with Gasteiger partial charge in [-0.15, -0.1) is 0 Å². The third kappa shape index (κ3) is 3.46. The molecule has 0 radical (unpaired) electrons. The SMILES string of the molecule is O=C(O)c1ccc([N+](=O)[O-])c(NCCC2CCCC2)c1. The van der Waals surface area contributed by atoms with Gasteiger partial charge >= 0.3 is 5.97 Å². The molecule has 1 saturated carbocycles. The van der Waals surface area contributed by atoms with Crippen molar-refractivity contribution in [3.8, 4) is 0 Å². The number of carbonyl (C=O) groups is 1. The van der Waals surface area contributed by atoms with Gasteiger partial charge in [-0.25, -0.2) is 4.79 Å². The van der Waals surface area contributed by atoms with Crippen LogP contribution in [0.3, 0.4) is 0 Å². The fraction of sp³-hybridized carbons (Fsp3) is 0.500. The number of nitrogens with one attached hydrogen (secondary N) is 1. The summed E-state index contributed by atoms with van der Waals surface area (Å²) < 4.78 is 0. The Balaban J connectivity index is 2.04. The zero-order valence-electron chi connectivity index (χ0n) is 11.2. The van der Waals surface area contributed by atoms with Gasteiger partial charge < -0.3 is 10.4 Å². The van der Waals surface area contributed by atoms with Gasteiger partial charge in [0.15, 0.2) is 0 Å². The Morgan fingerprint density at radius 2 is 2.10 bits per heavy atom. The van der Waals surface area contributed by atoms with Gasteiger partial charge in [-0.2, -0.15) is 0 Å². The fourth-order valence-corrected chi connectivity index (χ4v) is 2.68. The van der Waals surface area contributed by atoms with E-state index in [9.17, 15) is 14.9 Å². The van der Waals surface area contributed by atoms with E-state index in [1.54, 1.807) is 0 Å². The zero-order valence-corrected chi connectivity index (χ0v) is 11.2. The minimum atomic E-state index is -1.08. The molecule has 2 N–H and O–H groups in total. The van der Waals surface area contributed by atoms with Gasteiger partial charge in [-0.05, 0) is 24.5 Å². The van der Waals surface area contributed by atoms with Crippen molar-refractivity contribution in [1.82, 2.24) is 0 Å². The summed E-state index contributed by atoms with van der Waals surface area (Å²) in [5.74, 6) is -0.400. The molecular formula is C14H18N2O4. The first-order valence-electron chi connectivity index (χ1n) is 6.83. The molecule has 6 nitrogen and oxygen atoms in total. The van der Waals surface area contributed by atoms with Crippen LogP contribution in [0, 0.1) is 16.0 Å². The first-order chi connectivity index (χ1) is 9.58. The van der Waals surface area contributed by atoms with Crippen LogP contribution in [-0.4, -0.2) is 22.5 Å². The van der Waals surface area contributed by atoms with Gasteiger partial charge in [0.25, 0.3) is 5.69 Å². The second kappa shape index (κ2) is 6.36. The highest BCUT2D eigenvalue weighted by atomic mass is 16.6. The standard InChI is InChI=1S/C14H18N2O4/c17-14(18)11-5-6-13(16(19)20)12(9-11)15-8-7-10-3-1-2-4-10/h5-6,9-10,15H,1-4,7-8H2,(H,17,18). The molecule has 0 spiro atoms. The molecule has 0 amide bonds. The maximum atomic E-state index is 10.9. The number of nitro benzene ring substituents is 1. The lowest BCUT2D eigenvalue weighted by atomic mass is 10.0. The summed E-state index contributed by atoms with van der Waals surface area (Å²) in [5, 5.41) is 22.9. The third-order valence-electron chi connectivity index (χ3n) is 3.78. The lowest BCUT2D eigenvalue weighted by molar-refractivity contribution is -0.384. The van der Waals surface area contributed by atoms with Gasteiger partial charge in [0.1, 0.15) is 5.69 Å². The van der Waals surface area contributed by atoms with E-state index in [4.69, 9.17) is 5.11 Å². The van der Waals surface area contributed by atoms with Crippen LogP contribution < -0.4 is 5.32 Å². The van der Waals surface area contributed by atoms with Crippen LogP contribution in [-0.2, 0) is 0 Å². The Bertz CT molecular complexity index is 510. The Hall–Kier alpha value is -2.11. The summed E-state index contributed by atoms with van der Waals surface area (Å²) in [7, 11) is 0. The molecule has 0 bridgehead atoms. The van der Waals surface area contributed by atoms with E-state index in [0.29, 0.717) is 12.5 Å². The number of benzene rings is 1. The molecule has 108 valence electrons. The van der Waals surface area contributed by atoms with Crippen molar-refractivity contribution in [2.75, 3.05) is 11.9 Å². The molecule has 2 rings (SSSR count). The number of carboxylic acids is 1. The number of hydrogen-bond acceptors (Lipinski definition) is 4. The molecule has 0 heterocycles. The largest absolute Gasteiger partial charge is 0.478 e. The van der Waals surface area contributed by atoms with E-state index >= 15 is 0 Å². The minimum Gasteiger partial charge on any atom is -0.478 e. The molecule has 1 aliphatic carbocycles. The molecule has 1 aromatic carbocycles. The van der Waals surface area contributed by atoms with Crippen LogP contribution in [0.25, 0.3) is 0 Å². The average Bonchev–Trinajstić information content (AvgIpc) is 2.91. The third-order valence-corrected chi connectivity index (χ3v) is 3.78. The first kappa shape index (κ1) is 14.3.